The fourth-order valence-electron chi connectivity index (χ4n) is 3.75. The zero-order valence-electron chi connectivity index (χ0n) is 18.4. The molecule has 0 aliphatic carbocycles. The summed E-state index contributed by atoms with van der Waals surface area (Å²) in [6, 6.07) is 27.9. The minimum absolute atomic E-state index is 0.0962. The van der Waals surface area contributed by atoms with Crippen LogP contribution in [0.2, 0.25) is 0 Å². The summed E-state index contributed by atoms with van der Waals surface area (Å²) in [7, 11) is 0. The van der Waals surface area contributed by atoms with Gasteiger partial charge in [0.25, 0.3) is 5.91 Å². The number of carbonyl (C=O) groups is 1. The molecule has 7 heteroatoms. The molecule has 0 radical (unpaired) electrons. The van der Waals surface area contributed by atoms with Crippen molar-refractivity contribution in [2.45, 2.75) is 6.54 Å². The Morgan fingerprint density at radius 1 is 0.848 bits per heavy atom. The Bertz CT molecular complexity index is 1040. The molecule has 3 aromatic carbocycles. The second kappa shape index (κ2) is 11.4. The van der Waals surface area contributed by atoms with Crippen LogP contribution in [0.15, 0.2) is 84.9 Å². The van der Waals surface area contributed by atoms with Gasteiger partial charge in [0.1, 0.15) is 5.75 Å². The molecule has 4 rings (SSSR count). The van der Waals surface area contributed by atoms with Crippen molar-refractivity contribution >= 4 is 34.6 Å². The van der Waals surface area contributed by atoms with Gasteiger partial charge < -0.3 is 15.0 Å². The fourth-order valence-corrected chi connectivity index (χ4v) is 3.98. The average Bonchev–Trinajstić information content (AvgIpc) is 2.85. The van der Waals surface area contributed by atoms with Gasteiger partial charge in [0.2, 0.25) is 0 Å². The maximum absolute atomic E-state index is 12.0. The third-order valence-electron chi connectivity index (χ3n) is 5.48. The Balaban J connectivity index is 1.20. The quantitative estimate of drug-likeness (QED) is 0.522. The van der Waals surface area contributed by atoms with Crippen molar-refractivity contribution in [1.29, 1.82) is 0 Å². The first-order valence-electron chi connectivity index (χ1n) is 11.1. The molecule has 0 aromatic heterocycles. The molecule has 6 nitrogen and oxygen atoms in total. The summed E-state index contributed by atoms with van der Waals surface area (Å²) in [6.07, 6.45) is 0. The van der Waals surface area contributed by atoms with Crippen LogP contribution in [0.3, 0.4) is 0 Å². The number of carbonyl (C=O) groups excluding carboxylic acids is 1. The second-order valence-corrected chi connectivity index (χ2v) is 8.31. The van der Waals surface area contributed by atoms with Gasteiger partial charge in [-0.2, -0.15) is 0 Å². The van der Waals surface area contributed by atoms with Crippen LogP contribution < -0.4 is 20.3 Å². The van der Waals surface area contributed by atoms with Gasteiger partial charge >= 0.3 is 0 Å². The zero-order valence-corrected chi connectivity index (χ0v) is 19.3. The summed E-state index contributed by atoms with van der Waals surface area (Å²) in [4.78, 5) is 16.9. The number of benzene rings is 3. The highest BCUT2D eigenvalue weighted by atomic mass is 32.1. The maximum atomic E-state index is 12.0. The lowest BCUT2D eigenvalue weighted by molar-refractivity contribution is -0.121. The summed E-state index contributed by atoms with van der Waals surface area (Å²) in [5, 5.41) is 5.94. The number of thiocarbonyl (C=S) groups is 1. The lowest BCUT2D eigenvalue weighted by atomic mass is 10.2. The monoisotopic (exact) mass is 460 g/mol. The molecule has 1 saturated heterocycles. The molecule has 1 aliphatic rings. The van der Waals surface area contributed by atoms with E-state index in [1.54, 1.807) is 12.1 Å². The molecule has 0 atom stereocenters. The largest absolute Gasteiger partial charge is 0.484 e. The number of hydrogen-bond acceptors (Lipinski definition) is 5. The summed E-state index contributed by atoms with van der Waals surface area (Å²) in [5.41, 5.74) is 3.37. The van der Waals surface area contributed by atoms with Crippen LogP contribution in [0.4, 0.5) is 11.4 Å². The van der Waals surface area contributed by atoms with E-state index in [1.807, 2.05) is 30.3 Å². The molecule has 0 unspecified atom stereocenters. The third kappa shape index (κ3) is 7.03. The number of piperazine rings is 1. The van der Waals surface area contributed by atoms with Crippen molar-refractivity contribution < 1.29 is 9.53 Å². The van der Waals surface area contributed by atoms with E-state index in [1.165, 1.54) is 11.3 Å². The van der Waals surface area contributed by atoms with Crippen LogP contribution in [0, 0.1) is 0 Å². The normalized spacial score (nSPS) is 13.9. The number of hydrogen-bond donors (Lipinski definition) is 2. The van der Waals surface area contributed by atoms with Crippen molar-refractivity contribution in [3.8, 4) is 5.75 Å². The number of rotatable bonds is 7. The summed E-state index contributed by atoms with van der Waals surface area (Å²) in [5.74, 6) is 0.337. The molecule has 2 N–H and O–H groups in total. The van der Waals surface area contributed by atoms with Crippen molar-refractivity contribution in [3.63, 3.8) is 0 Å². The van der Waals surface area contributed by atoms with E-state index in [9.17, 15) is 4.79 Å². The van der Waals surface area contributed by atoms with Gasteiger partial charge in [-0.1, -0.05) is 48.5 Å². The molecule has 170 valence electrons. The van der Waals surface area contributed by atoms with Crippen LogP contribution in [0.5, 0.6) is 5.75 Å². The predicted octanol–water partition coefficient (Wildman–Crippen LogP) is 3.90. The molecule has 0 spiro atoms. The molecule has 0 saturated carbocycles. The minimum Gasteiger partial charge on any atom is -0.484 e. The van der Waals surface area contributed by atoms with E-state index in [-0.39, 0.29) is 17.6 Å². The highest BCUT2D eigenvalue weighted by molar-refractivity contribution is 7.80. The van der Waals surface area contributed by atoms with E-state index in [4.69, 9.17) is 17.0 Å². The summed E-state index contributed by atoms with van der Waals surface area (Å²) in [6.45, 7) is 4.97. The van der Waals surface area contributed by atoms with Gasteiger partial charge in [0.15, 0.2) is 11.7 Å². The molecule has 1 amide bonds. The lowest BCUT2D eigenvalue weighted by Crippen LogP contribution is -2.45. The average molecular weight is 461 g/mol. The van der Waals surface area contributed by atoms with E-state index in [0.717, 1.165) is 38.4 Å². The van der Waals surface area contributed by atoms with Crippen molar-refractivity contribution in [1.82, 2.24) is 10.2 Å². The standard InChI is InChI=1S/C26H28N4O2S/c31-25(20-32-24-9-5-2-6-10-24)28-26(33)27-22-11-13-23(14-12-22)30-17-15-29(16-18-30)19-21-7-3-1-4-8-21/h1-14H,15-20H2,(H2,27,28,31,33). The van der Waals surface area contributed by atoms with E-state index in [0.29, 0.717) is 5.75 Å². The summed E-state index contributed by atoms with van der Waals surface area (Å²) >= 11 is 5.25. The first kappa shape index (κ1) is 22.8. The number of para-hydroxylation sites is 1. The van der Waals surface area contributed by atoms with Gasteiger partial charge in [-0.3, -0.25) is 15.0 Å². The Morgan fingerprint density at radius 3 is 2.15 bits per heavy atom. The van der Waals surface area contributed by atoms with Crippen LogP contribution in [-0.4, -0.2) is 48.7 Å². The minimum atomic E-state index is -0.304. The van der Waals surface area contributed by atoms with Crippen molar-refractivity contribution in [3.05, 3.63) is 90.5 Å². The van der Waals surface area contributed by atoms with Gasteiger partial charge in [-0.25, -0.2) is 0 Å². The van der Waals surface area contributed by atoms with E-state index in [2.05, 4.69) is 62.9 Å². The van der Waals surface area contributed by atoms with Crippen LogP contribution in [0.25, 0.3) is 0 Å². The smallest absolute Gasteiger partial charge is 0.264 e. The number of anilines is 2. The van der Waals surface area contributed by atoms with Gasteiger partial charge in [-0.15, -0.1) is 0 Å². The number of amides is 1. The van der Waals surface area contributed by atoms with E-state index < -0.39 is 0 Å². The lowest BCUT2D eigenvalue weighted by Gasteiger charge is -2.36. The Kier molecular flexibility index (Phi) is 7.90. The molecular weight excluding hydrogens is 432 g/mol. The molecule has 33 heavy (non-hydrogen) atoms. The Labute approximate surface area is 200 Å². The van der Waals surface area contributed by atoms with Gasteiger partial charge in [0.05, 0.1) is 0 Å². The molecule has 1 heterocycles. The summed E-state index contributed by atoms with van der Waals surface area (Å²) < 4.78 is 5.43. The van der Waals surface area contributed by atoms with Crippen molar-refractivity contribution in [2.24, 2.45) is 0 Å². The number of ether oxygens (including phenoxy) is 1. The third-order valence-corrected chi connectivity index (χ3v) is 5.68. The molecule has 3 aromatic rings. The van der Waals surface area contributed by atoms with Gasteiger partial charge in [-0.05, 0) is 54.2 Å². The van der Waals surface area contributed by atoms with Crippen molar-refractivity contribution in [2.75, 3.05) is 43.0 Å². The highest BCUT2D eigenvalue weighted by Crippen LogP contribution is 2.20. The molecule has 1 aliphatic heterocycles. The van der Waals surface area contributed by atoms with Gasteiger partial charge in [0, 0.05) is 44.1 Å². The first-order chi connectivity index (χ1) is 16.2. The topological polar surface area (TPSA) is 56.8 Å². The predicted molar refractivity (Wildman–Crippen MR) is 137 cm³/mol. The fraction of sp³-hybridized carbons (Fsp3) is 0.231. The highest BCUT2D eigenvalue weighted by Gasteiger charge is 2.17. The van der Waals surface area contributed by atoms with Crippen LogP contribution in [-0.2, 0) is 11.3 Å². The molecule has 0 bridgehead atoms. The molecular formula is C26H28N4O2S. The second-order valence-electron chi connectivity index (χ2n) is 7.90. The number of nitrogens with one attached hydrogen (secondary N) is 2. The Hall–Kier alpha value is -3.42. The first-order valence-corrected chi connectivity index (χ1v) is 11.5. The van der Waals surface area contributed by atoms with E-state index >= 15 is 0 Å². The maximum Gasteiger partial charge on any atom is 0.264 e. The SMILES string of the molecule is O=C(COc1ccccc1)NC(=S)Nc1ccc(N2CCN(Cc3ccccc3)CC2)cc1. The molecule has 1 fully saturated rings. The zero-order chi connectivity index (χ0) is 22.9. The van der Waals surface area contributed by atoms with Crippen LogP contribution in [0.1, 0.15) is 5.56 Å². The Morgan fingerprint density at radius 2 is 1.48 bits per heavy atom. The van der Waals surface area contributed by atoms with Crippen LogP contribution >= 0.6 is 12.2 Å². The number of nitrogens with zero attached hydrogens (tertiary/aromatic N) is 2.